The molecule has 8 heteroatoms. The second-order valence-corrected chi connectivity index (χ2v) is 5.96. The van der Waals surface area contributed by atoms with Crippen LogP contribution in [0.5, 0.6) is 17.2 Å². The fourth-order valence-electron chi connectivity index (χ4n) is 2.33. The minimum atomic E-state index is -0.382. The summed E-state index contributed by atoms with van der Waals surface area (Å²) in [5.74, 6) is 0.0535. The molecule has 0 fully saturated rings. The maximum atomic E-state index is 12.0. The molecule has 8 nitrogen and oxygen atoms in total. The first kappa shape index (κ1) is 21.7. The number of nitrogens with one attached hydrogen (secondary N) is 1. The van der Waals surface area contributed by atoms with E-state index in [1.165, 1.54) is 18.2 Å². The number of rotatable bonds is 11. The SMILES string of the molecule is CCOC(=O)CCCOc1ccc(NC(=O)COc2ccc(C=O)c(O)c2)cc1. The number of phenolic OH excluding ortho intramolecular Hbond substituents is 1. The van der Waals surface area contributed by atoms with E-state index in [-0.39, 0.29) is 35.5 Å². The molecule has 29 heavy (non-hydrogen) atoms. The zero-order chi connectivity index (χ0) is 21.1. The second-order valence-electron chi connectivity index (χ2n) is 5.96. The number of carbonyl (C=O) groups is 3. The molecule has 0 spiro atoms. The molecule has 0 aliphatic heterocycles. The summed E-state index contributed by atoms with van der Waals surface area (Å²) in [4.78, 5) is 33.9. The molecule has 0 aliphatic carbocycles. The summed E-state index contributed by atoms with van der Waals surface area (Å²) in [6.45, 7) is 2.25. The lowest BCUT2D eigenvalue weighted by atomic mass is 10.2. The highest BCUT2D eigenvalue weighted by Crippen LogP contribution is 2.22. The number of aromatic hydroxyl groups is 1. The van der Waals surface area contributed by atoms with Crippen LogP contribution in [0.4, 0.5) is 5.69 Å². The summed E-state index contributed by atoms with van der Waals surface area (Å²) in [5.41, 5.74) is 0.710. The average molecular weight is 401 g/mol. The third kappa shape index (κ3) is 7.53. The van der Waals surface area contributed by atoms with Gasteiger partial charge in [-0.15, -0.1) is 0 Å². The van der Waals surface area contributed by atoms with Crippen molar-refractivity contribution in [3.05, 3.63) is 48.0 Å². The molecule has 2 N–H and O–H groups in total. The van der Waals surface area contributed by atoms with E-state index in [4.69, 9.17) is 14.2 Å². The molecular formula is C21H23NO7. The van der Waals surface area contributed by atoms with Gasteiger partial charge in [-0.05, 0) is 49.7 Å². The van der Waals surface area contributed by atoms with E-state index >= 15 is 0 Å². The Bertz CT molecular complexity index is 833. The average Bonchev–Trinajstić information content (AvgIpc) is 2.71. The van der Waals surface area contributed by atoms with Gasteiger partial charge in [-0.2, -0.15) is 0 Å². The number of aldehydes is 1. The zero-order valence-electron chi connectivity index (χ0n) is 16.1. The van der Waals surface area contributed by atoms with Gasteiger partial charge < -0.3 is 24.6 Å². The van der Waals surface area contributed by atoms with Crippen molar-refractivity contribution in [3.63, 3.8) is 0 Å². The van der Waals surface area contributed by atoms with Gasteiger partial charge in [-0.25, -0.2) is 0 Å². The highest BCUT2D eigenvalue weighted by atomic mass is 16.5. The smallest absolute Gasteiger partial charge is 0.305 e. The van der Waals surface area contributed by atoms with Crippen LogP contribution in [0.3, 0.4) is 0 Å². The standard InChI is InChI=1S/C21H23NO7/c1-2-27-21(26)4-3-11-28-17-9-6-16(7-10-17)22-20(25)14-29-18-8-5-15(13-23)19(24)12-18/h5-10,12-13,24H,2-4,11,14H2,1H3,(H,22,25). The first-order chi connectivity index (χ1) is 14.0. The second kappa shape index (κ2) is 11.3. The minimum Gasteiger partial charge on any atom is -0.507 e. The van der Waals surface area contributed by atoms with Gasteiger partial charge in [-0.3, -0.25) is 14.4 Å². The third-order valence-electron chi connectivity index (χ3n) is 3.74. The van der Waals surface area contributed by atoms with Gasteiger partial charge in [0.2, 0.25) is 0 Å². The third-order valence-corrected chi connectivity index (χ3v) is 3.74. The van der Waals surface area contributed by atoms with Crippen molar-refractivity contribution in [2.45, 2.75) is 19.8 Å². The van der Waals surface area contributed by atoms with Gasteiger partial charge in [0.1, 0.15) is 17.2 Å². The highest BCUT2D eigenvalue weighted by molar-refractivity contribution is 5.92. The lowest BCUT2D eigenvalue weighted by molar-refractivity contribution is -0.143. The molecule has 0 saturated carbocycles. The molecular weight excluding hydrogens is 378 g/mol. The van der Waals surface area contributed by atoms with Crippen LogP contribution in [0.2, 0.25) is 0 Å². The number of amides is 1. The fourth-order valence-corrected chi connectivity index (χ4v) is 2.33. The van der Waals surface area contributed by atoms with Crippen molar-refractivity contribution < 1.29 is 33.7 Å². The Hall–Kier alpha value is -3.55. The summed E-state index contributed by atoms with van der Waals surface area (Å²) in [7, 11) is 0. The van der Waals surface area contributed by atoms with Crippen LogP contribution in [0.1, 0.15) is 30.1 Å². The van der Waals surface area contributed by atoms with Gasteiger partial charge in [-0.1, -0.05) is 0 Å². The molecule has 0 atom stereocenters. The van der Waals surface area contributed by atoms with E-state index in [9.17, 15) is 19.5 Å². The Balaban J connectivity index is 1.73. The van der Waals surface area contributed by atoms with Crippen LogP contribution >= 0.6 is 0 Å². The van der Waals surface area contributed by atoms with Crippen molar-refractivity contribution >= 4 is 23.9 Å². The molecule has 0 unspecified atom stereocenters. The molecule has 0 heterocycles. The van der Waals surface area contributed by atoms with Crippen molar-refractivity contribution in [2.24, 2.45) is 0 Å². The van der Waals surface area contributed by atoms with Crippen molar-refractivity contribution in [3.8, 4) is 17.2 Å². The van der Waals surface area contributed by atoms with E-state index in [0.29, 0.717) is 43.8 Å². The van der Waals surface area contributed by atoms with Crippen molar-refractivity contribution in [2.75, 3.05) is 25.1 Å². The van der Waals surface area contributed by atoms with E-state index in [0.717, 1.165) is 0 Å². The predicted octanol–water partition coefficient (Wildman–Crippen LogP) is 2.94. The van der Waals surface area contributed by atoms with E-state index in [1.54, 1.807) is 31.2 Å². The summed E-state index contributed by atoms with van der Waals surface area (Å²) in [5, 5.41) is 12.3. The molecule has 0 saturated heterocycles. The predicted molar refractivity (Wildman–Crippen MR) is 105 cm³/mol. The quantitative estimate of drug-likeness (QED) is 0.338. The Morgan fingerprint density at radius 3 is 2.45 bits per heavy atom. The van der Waals surface area contributed by atoms with Gasteiger partial charge in [0.25, 0.3) is 5.91 Å². The lowest BCUT2D eigenvalue weighted by Crippen LogP contribution is -2.20. The first-order valence-electron chi connectivity index (χ1n) is 9.11. The van der Waals surface area contributed by atoms with Crippen molar-refractivity contribution in [1.82, 2.24) is 0 Å². The molecule has 2 aromatic carbocycles. The normalized spacial score (nSPS) is 10.1. The molecule has 2 rings (SSSR count). The highest BCUT2D eigenvalue weighted by Gasteiger charge is 2.07. The Labute approximate surface area is 168 Å². The van der Waals surface area contributed by atoms with Gasteiger partial charge in [0, 0.05) is 18.2 Å². The van der Waals surface area contributed by atoms with Crippen molar-refractivity contribution in [1.29, 1.82) is 0 Å². The monoisotopic (exact) mass is 401 g/mol. The van der Waals surface area contributed by atoms with E-state index < -0.39 is 0 Å². The maximum absolute atomic E-state index is 12.0. The number of benzene rings is 2. The Morgan fingerprint density at radius 2 is 1.79 bits per heavy atom. The number of hydrogen-bond acceptors (Lipinski definition) is 7. The van der Waals surface area contributed by atoms with Crippen LogP contribution < -0.4 is 14.8 Å². The molecule has 0 bridgehead atoms. The number of ether oxygens (including phenoxy) is 3. The van der Waals surface area contributed by atoms with Gasteiger partial charge in [0.05, 0.1) is 18.8 Å². The number of hydrogen-bond donors (Lipinski definition) is 2. The Morgan fingerprint density at radius 1 is 1.07 bits per heavy atom. The van der Waals surface area contributed by atoms with Gasteiger partial charge in [0.15, 0.2) is 12.9 Å². The maximum Gasteiger partial charge on any atom is 0.305 e. The van der Waals surface area contributed by atoms with Crippen LogP contribution in [0.25, 0.3) is 0 Å². The number of esters is 1. The molecule has 0 radical (unpaired) electrons. The molecule has 0 aliphatic rings. The largest absolute Gasteiger partial charge is 0.507 e. The topological polar surface area (TPSA) is 111 Å². The zero-order valence-corrected chi connectivity index (χ0v) is 16.1. The van der Waals surface area contributed by atoms with Crippen LogP contribution in [0, 0.1) is 0 Å². The van der Waals surface area contributed by atoms with Crippen LogP contribution in [0.15, 0.2) is 42.5 Å². The summed E-state index contributed by atoms with van der Waals surface area (Å²) in [6.07, 6.45) is 1.38. The van der Waals surface area contributed by atoms with Crippen LogP contribution in [-0.4, -0.2) is 43.1 Å². The number of carbonyl (C=O) groups excluding carboxylic acids is 3. The molecule has 154 valence electrons. The summed E-state index contributed by atoms with van der Waals surface area (Å²) in [6, 6.07) is 10.9. The fraction of sp³-hybridized carbons (Fsp3) is 0.286. The number of phenols is 1. The molecule has 0 aromatic heterocycles. The van der Waals surface area contributed by atoms with E-state index in [1.807, 2.05) is 0 Å². The minimum absolute atomic E-state index is 0.144. The molecule has 1 amide bonds. The van der Waals surface area contributed by atoms with Crippen LogP contribution in [-0.2, 0) is 14.3 Å². The molecule has 2 aromatic rings. The van der Waals surface area contributed by atoms with E-state index in [2.05, 4.69) is 5.32 Å². The Kier molecular flexibility index (Phi) is 8.50. The van der Waals surface area contributed by atoms with Gasteiger partial charge >= 0.3 is 5.97 Å². The first-order valence-corrected chi connectivity index (χ1v) is 9.11. The number of anilines is 1. The lowest BCUT2D eigenvalue weighted by Gasteiger charge is -2.10. The summed E-state index contributed by atoms with van der Waals surface area (Å²) >= 11 is 0. The summed E-state index contributed by atoms with van der Waals surface area (Å²) < 4.78 is 15.7.